The van der Waals surface area contributed by atoms with Gasteiger partial charge in [-0.1, -0.05) is 36.7 Å². The molecule has 86 valence electrons. The molecule has 0 fully saturated rings. The molecular formula is C14H18ClN. The third-order valence-electron chi connectivity index (χ3n) is 2.47. The molecule has 0 aliphatic rings. The minimum atomic E-state index is 0.324. The van der Waals surface area contributed by atoms with Crippen molar-refractivity contribution in [2.24, 2.45) is 0 Å². The molecule has 0 aliphatic carbocycles. The second-order valence-corrected chi connectivity index (χ2v) is 4.26. The molecule has 2 heteroatoms. The lowest BCUT2D eigenvalue weighted by Gasteiger charge is -2.16. The molecule has 0 amide bonds. The summed E-state index contributed by atoms with van der Waals surface area (Å²) in [7, 11) is 0. The van der Waals surface area contributed by atoms with Crippen LogP contribution in [-0.4, -0.2) is 12.6 Å². The predicted octanol–water partition coefficient (Wildman–Crippen LogP) is 3.27. The Labute approximate surface area is 103 Å². The predicted molar refractivity (Wildman–Crippen MR) is 70.7 cm³/mol. The Morgan fingerprint density at radius 2 is 2.19 bits per heavy atom. The molecule has 0 spiro atoms. The summed E-state index contributed by atoms with van der Waals surface area (Å²) in [5.74, 6) is 2.71. The molecule has 1 N–H and O–H groups in total. The Bertz CT molecular complexity index is 354. The molecule has 0 radical (unpaired) electrons. The lowest BCUT2D eigenvalue weighted by molar-refractivity contribution is 0.517. The first-order valence-electron chi connectivity index (χ1n) is 5.68. The number of terminal acetylenes is 1. The minimum Gasteiger partial charge on any atom is -0.313 e. The maximum atomic E-state index is 6.12. The van der Waals surface area contributed by atoms with Crippen LogP contribution in [0.4, 0.5) is 0 Å². The second-order valence-electron chi connectivity index (χ2n) is 3.85. The molecule has 1 rings (SSSR count). The molecule has 16 heavy (non-hydrogen) atoms. The maximum Gasteiger partial charge on any atom is 0.0438 e. The highest BCUT2D eigenvalue weighted by atomic mass is 35.5. The molecule has 0 aromatic heterocycles. The van der Waals surface area contributed by atoms with Gasteiger partial charge in [-0.25, -0.2) is 0 Å². The fourth-order valence-corrected chi connectivity index (χ4v) is 1.85. The van der Waals surface area contributed by atoms with Crippen molar-refractivity contribution in [3.8, 4) is 12.3 Å². The Hall–Kier alpha value is -0.970. The highest BCUT2D eigenvalue weighted by Gasteiger charge is 2.09. The van der Waals surface area contributed by atoms with Gasteiger partial charge in [0.25, 0.3) is 0 Å². The first-order chi connectivity index (χ1) is 7.77. The van der Waals surface area contributed by atoms with Crippen LogP contribution in [0.5, 0.6) is 0 Å². The lowest BCUT2D eigenvalue weighted by atomic mass is 10.0. The van der Waals surface area contributed by atoms with Crippen LogP contribution < -0.4 is 5.32 Å². The molecule has 0 bridgehead atoms. The number of halogens is 1. The molecule has 0 aliphatic heterocycles. The molecule has 1 atom stereocenters. The fourth-order valence-electron chi connectivity index (χ4n) is 1.64. The van der Waals surface area contributed by atoms with E-state index >= 15 is 0 Å². The van der Waals surface area contributed by atoms with Gasteiger partial charge >= 0.3 is 0 Å². The standard InChI is InChI=1S/C14H18ClN/c1-3-7-13(16-10-4-2)11-12-8-5-6-9-14(12)15/h1,5-6,8-9,13,16H,4,7,10-11H2,2H3. The maximum absolute atomic E-state index is 6.12. The molecule has 1 aromatic carbocycles. The van der Waals surface area contributed by atoms with E-state index in [0.717, 1.165) is 36.4 Å². The summed E-state index contributed by atoms with van der Waals surface area (Å²) >= 11 is 6.12. The average Bonchev–Trinajstić information content (AvgIpc) is 2.29. The van der Waals surface area contributed by atoms with Crippen LogP contribution in [0.25, 0.3) is 0 Å². The van der Waals surface area contributed by atoms with E-state index in [9.17, 15) is 0 Å². The van der Waals surface area contributed by atoms with Crippen molar-refractivity contribution in [2.45, 2.75) is 32.2 Å². The third-order valence-corrected chi connectivity index (χ3v) is 2.84. The van der Waals surface area contributed by atoms with Crippen LogP contribution in [0.2, 0.25) is 5.02 Å². The van der Waals surface area contributed by atoms with Crippen LogP contribution in [0.1, 0.15) is 25.3 Å². The molecule has 0 heterocycles. The van der Waals surface area contributed by atoms with E-state index in [1.807, 2.05) is 18.2 Å². The summed E-state index contributed by atoms with van der Waals surface area (Å²) < 4.78 is 0. The van der Waals surface area contributed by atoms with E-state index in [-0.39, 0.29) is 0 Å². The minimum absolute atomic E-state index is 0.324. The summed E-state index contributed by atoms with van der Waals surface area (Å²) in [4.78, 5) is 0. The lowest BCUT2D eigenvalue weighted by Crippen LogP contribution is -2.31. The average molecular weight is 236 g/mol. The Morgan fingerprint density at radius 3 is 2.81 bits per heavy atom. The van der Waals surface area contributed by atoms with E-state index in [1.165, 1.54) is 0 Å². The van der Waals surface area contributed by atoms with Gasteiger partial charge < -0.3 is 5.32 Å². The summed E-state index contributed by atoms with van der Waals surface area (Å²) in [6.45, 7) is 3.15. The van der Waals surface area contributed by atoms with Gasteiger partial charge in [0, 0.05) is 17.5 Å². The zero-order chi connectivity index (χ0) is 11.8. The van der Waals surface area contributed by atoms with E-state index in [1.54, 1.807) is 0 Å². The highest BCUT2D eigenvalue weighted by Crippen LogP contribution is 2.17. The van der Waals surface area contributed by atoms with Gasteiger partial charge in [0.05, 0.1) is 0 Å². The van der Waals surface area contributed by atoms with Crippen LogP contribution >= 0.6 is 11.6 Å². The highest BCUT2D eigenvalue weighted by molar-refractivity contribution is 6.31. The van der Waals surface area contributed by atoms with Crippen LogP contribution in [-0.2, 0) is 6.42 Å². The van der Waals surface area contributed by atoms with E-state index in [4.69, 9.17) is 18.0 Å². The van der Waals surface area contributed by atoms with Gasteiger partial charge in [0.1, 0.15) is 0 Å². The van der Waals surface area contributed by atoms with Gasteiger partial charge in [-0.2, -0.15) is 0 Å². The Balaban J connectivity index is 2.61. The van der Waals surface area contributed by atoms with Gasteiger partial charge in [-0.05, 0) is 31.0 Å². The van der Waals surface area contributed by atoms with Crippen LogP contribution in [0, 0.1) is 12.3 Å². The van der Waals surface area contributed by atoms with Gasteiger partial charge in [-0.15, -0.1) is 12.3 Å². The molecule has 1 unspecified atom stereocenters. The van der Waals surface area contributed by atoms with E-state index < -0.39 is 0 Å². The summed E-state index contributed by atoms with van der Waals surface area (Å²) in [5, 5.41) is 4.27. The quantitative estimate of drug-likeness (QED) is 0.747. The Morgan fingerprint density at radius 1 is 1.44 bits per heavy atom. The largest absolute Gasteiger partial charge is 0.313 e. The van der Waals surface area contributed by atoms with Crippen molar-refractivity contribution in [1.29, 1.82) is 0 Å². The van der Waals surface area contributed by atoms with Crippen molar-refractivity contribution in [3.63, 3.8) is 0 Å². The first kappa shape index (κ1) is 13.1. The molecular weight excluding hydrogens is 218 g/mol. The van der Waals surface area contributed by atoms with Crippen molar-refractivity contribution in [3.05, 3.63) is 34.9 Å². The number of hydrogen-bond donors (Lipinski definition) is 1. The van der Waals surface area contributed by atoms with Gasteiger partial charge in [0.2, 0.25) is 0 Å². The van der Waals surface area contributed by atoms with Crippen molar-refractivity contribution < 1.29 is 0 Å². The van der Waals surface area contributed by atoms with Crippen molar-refractivity contribution >= 4 is 11.6 Å². The van der Waals surface area contributed by atoms with Gasteiger partial charge in [-0.3, -0.25) is 0 Å². The second kappa shape index (κ2) is 7.33. The summed E-state index contributed by atoms with van der Waals surface area (Å²) in [6, 6.07) is 8.25. The molecule has 0 saturated heterocycles. The monoisotopic (exact) mass is 235 g/mol. The molecule has 0 saturated carbocycles. The first-order valence-corrected chi connectivity index (χ1v) is 6.06. The number of nitrogens with one attached hydrogen (secondary N) is 1. The number of benzene rings is 1. The molecule has 1 aromatic rings. The Kier molecular flexibility index (Phi) is 6.00. The van der Waals surface area contributed by atoms with Crippen LogP contribution in [0.15, 0.2) is 24.3 Å². The summed E-state index contributed by atoms with van der Waals surface area (Å²) in [5.41, 5.74) is 1.16. The fraction of sp³-hybridized carbons (Fsp3) is 0.429. The third kappa shape index (κ3) is 4.26. The van der Waals surface area contributed by atoms with E-state index in [0.29, 0.717) is 6.04 Å². The SMILES string of the molecule is C#CCC(Cc1ccccc1Cl)NCCC. The van der Waals surface area contributed by atoms with Crippen LogP contribution in [0.3, 0.4) is 0 Å². The van der Waals surface area contributed by atoms with Crippen molar-refractivity contribution in [2.75, 3.05) is 6.54 Å². The summed E-state index contributed by atoms with van der Waals surface area (Å²) in [6.07, 6.45) is 8.12. The molecule has 1 nitrogen and oxygen atoms in total. The van der Waals surface area contributed by atoms with Crippen molar-refractivity contribution in [1.82, 2.24) is 5.32 Å². The van der Waals surface area contributed by atoms with Gasteiger partial charge in [0.15, 0.2) is 0 Å². The zero-order valence-electron chi connectivity index (χ0n) is 9.67. The zero-order valence-corrected chi connectivity index (χ0v) is 10.4. The number of rotatable bonds is 6. The van der Waals surface area contributed by atoms with E-state index in [2.05, 4.69) is 24.2 Å². The number of hydrogen-bond acceptors (Lipinski definition) is 1. The topological polar surface area (TPSA) is 12.0 Å². The smallest absolute Gasteiger partial charge is 0.0438 e. The normalized spacial score (nSPS) is 12.1.